The predicted octanol–water partition coefficient (Wildman–Crippen LogP) is 3.27. The normalized spacial score (nSPS) is 17.9. The largest absolute Gasteiger partial charge is 0.361 e. The Morgan fingerprint density at radius 1 is 1.00 bits per heavy atom. The van der Waals surface area contributed by atoms with E-state index in [1.165, 1.54) is 0 Å². The van der Waals surface area contributed by atoms with Crippen LogP contribution in [0.15, 0.2) is 60.2 Å². The first-order valence-electron chi connectivity index (χ1n) is 6.64. The van der Waals surface area contributed by atoms with Crippen molar-refractivity contribution in [2.75, 3.05) is 5.32 Å². The van der Waals surface area contributed by atoms with E-state index in [4.69, 9.17) is 0 Å². The first-order chi connectivity index (χ1) is 9.74. The second kappa shape index (κ2) is 5.21. The van der Waals surface area contributed by atoms with Crippen LogP contribution in [0, 0.1) is 0 Å². The van der Waals surface area contributed by atoms with Crippen LogP contribution in [0.1, 0.15) is 22.8 Å². The quantitative estimate of drug-likeness (QED) is 0.874. The van der Waals surface area contributed by atoms with Gasteiger partial charge < -0.3 is 10.6 Å². The number of benzene rings is 2. The van der Waals surface area contributed by atoms with E-state index in [1.807, 2.05) is 61.5 Å². The summed E-state index contributed by atoms with van der Waals surface area (Å²) >= 11 is 0. The van der Waals surface area contributed by atoms with Crippen LogP contribution in [0.2, 0.25) is 0 Å². The first kappa shape index (κ1) is 12.5. The molecule has 0 aromatic heterocycles. The fraction of sp³-hybridized carbons (Fsp3) is 0.118. The molecule has 1 heterocycles. The highest BCUT2D eigenvalue weighted by atomic mass is 16.2. The molecule has 100 valence electrons. The van der Waals surface area contributed by atoms with Gasteiger partial charge in [-0.3, -0.25) is 4.79 Å². The number of hydrogen-bond acceptors (Lipinski definition) is 2. The molecule has 0 bridgehead atoms. The van der Waals surface area contributed by atoms with Crippen molar-refractivity contribution in [1.29, 1.82) is 0 Å². The van der Waals surface area contributed by atoms with Crippen LogP contribution in [-0.4, -0.2) is 12.1 Å². The summed E-state index contributed by atoms with van der Waals surface area (Å²) in [5.74, 6) is -0.0369. The molecule has 2 aromatic rings. The Kier molecular flexibility index (Phi) is 3.25. The molecule has 3 nitrogen and oxygen atoms in total. The van der Waals surface area contributed by atoms with Gasteiger partial charge in [0.05, 0.1) is 5.56 Å². The Labute approximate surface area is 118 Å². The van der Waals surface area contributed by atoms with Crippen LogP contribution in [0.5, 0.6) is 0 Å². The van der Waals surface area contributed by atoms with Crippen molar-refractivity contribution >= 4 is 17.7 Å². The number of hydrogen-bond donors (Lipinski definition) is 2. The minimum Gasteiger partial charge on any atom is -0.361 e. The van der Waals surface area contributed by atoms with Crippen molar-refractivity contribution in [3.8, 4) is 0 Å². The van der Waals surface area contributed by atoms with E-state index in [0.717, 1.165) is 16.8 Å². The molecule has 1 aliphatic heterocycles. The zero-order valence-electron chi connectivity index (χ0n) is 11.3. The molecule has 1 aliphatic rings. The van der Waals surface area contributed by atoms with Crippen molar-refractivity contribution < 1.29 is 4.79 Å². The third-order valence-electron chi connectivity index (χ3n) is 3.40. The Bertz CT molecular complexity index is 662. The highest BCUT2D eigenvalue weighted by Gasteiger charge is 2.23. The van der Waals surface area contributed by atoms with Crippen molar-refractivity contribution in [2.24, 2.45) is 0 Å². The summed E-state index contributed by atoms with van der Waals surface area (Å²) in [6.45, 7) is 2.01. The molecule has 3 heteroatoms. The van der Waals surface area contributed by atoms with E-state index in [1.54, 1.807) is 0 Å². The topological polar surface area (TPSA) is 41.1 Å². The van der Waals surface area contributed by atoms with Crippen molar-refractivity contribution in [3.63, 3.8) is 0 Å². The molecule has 1 atom stereocenters. The van der Waals surface area contributed by atoms with E-state index in [9.17, 15) is 4.79 Å². The number of carbonyl (C=O) groups excluding carboxylic acids is 1. The lowest BCUT2D eigenvalue weighted by molar-refractivity contribution is 0.0941. The molecule has 0 aliphatic carbocycles. The SMILES string of the molecule is C/C(=C/c1ccccc1)[C@H]1NC(=O)c2ccccc2N1. The molecule has 1 amide bonds. The maximum atomic E-state index is 12.1. The van der Waals surface area contributed by atoms with Crippen LogP contribution in [-0.2, 0) is 0 Å². The smallest absolute Gasteiger partial charge is 0.255 e. The Morgan fingerprint density at radius 2 is 1.70 bits per heavy atom. The number of para-hydroxylation sites is 1. The lowest BCUT2D eigenvalue weighted by Gasteiger charge is -2.28. The average Bonchev–Trinajstić information content (AvgIpc) is 2.48. The first-order valence-corrected chi connectivity index (χ1v) is 6.64. The number of nitrogens with one attached hydrogen (secondary N) is 2. The Morgan fingerprint density at radius 3 is 2.50 bits per heavy atom. The van der Waals surface area contributed by atoms with E-state index in [-0.39, 0.29) is 12.1 Å². The molecule has 3 rings (SSSR count). The molecule has 0 unspecified atom stereocenters. The molecule has 0 radical (unpaired) electrons. The molecule has 0 saturated carbocycles. The Balaban J connectivity index is 1.86. The lowest BCUT2D eigenvalue weighted by atomic mass is 10.0. The number of carbonyl (C=O) groups is 1. The average molecular weight is 264 g/mol. The molecular formula is C17H16N2O. The van der Waals surface area contributed by atoms with E-state index in [2.05, 4.69) is 16.7 Å². The van der Waals surface area contributed by atoms with Gasteiger partial charge in [0.25, 0.3) is 5.91 Å². The second-order valence-corrected chi connectivity index (χ2v) is 4.90. The third-order valence-corrected chi connectivity index (χ3v) is 3.40. The Hall–Kier alpha value is -2.55. The zero-order valence-corrected chi connectivity index (χ0v) is 11.3. The summed E-state index contributed by atoms with van der Waals surface area (Å²) in [5, 5.41) is 6.32. The maximum Gasteiger partial charge on any atom is 0.255 e. The van der Waals surface area contributed by atoms with Gasteiger partial charge in [0.1, 0.15) is 6.17 Å². The summed E-state index contributed by atoms with van der Waals surface area (Å²) in [5.41, 5.74) is 3.76. The van der Waals surface area contributed by atoms with Crippen molar-refractivity contribution in [2.45, 2.75) is 13.1 Å². The number of amides is 1. The van der Waals surface area contributed by atoms with E-state index in [0.29, 0.717) is 5.56 Å². The second-order valence-electron chi connectivity index (χ2n) is 4.90. The third kappa shape index (κ3) is 2.43. The highest BCUT2D eigenvalue weighted by Crippen LogP contribution is 2.22. The molecule has 20 heavy (non-hydrogen) atoms. The van der Waals surface area contributed by atoms with Gasteiger partial charge in [0, 0.05) is 5.69 Å². The highest BCUT2D eigenvalue weighted by molar-refractivity contribution is 6.02. The number of fused-ring (bicyclic) bond motifs is 1. The monoisotopic (exact) mass is 264 g/mol. The van der Waals surface area contributed by atoms with Crippen LogP contribution in [0.3, 0.4) is 0 Å². The summed E-state index contributed by atoms with van der Waals surface area (Å²) in [6, 6.07) is 17.6. The molecule has 0 saturated heterocycles. The lowest BCUT2D eigenvalue weighted by Crippen LogP contribution is -2.45. The van der Waals surface area contributed by atoms with Gasteiger partial charge in [-0.15, -0.1) is 0 Å². The van der Waals surface area contributed by atoms with Gasteiger partial charge in [-0.1, -0.05) is 48.5 Å². The van der Waals surface area contributed by atoms with Gasteiger partial charge in [-0.2, -0.15) is 0 Å². The number of anilines is 1. The predicted molar refractivity (Wildman–Crippen MR) is 81.4 cm³/mol. The molecule has 0 fully saturated rings. The molecular weight excluding hydrogens is 248 g/mol. The van der Waals surface area contributed by atoms with Crippen molar-refractivity contribution in [1.82, 2.24) is 5.32 Å². The summed E-state index contributed by atoms with van der Waals surface area (Å²) in [7, 11) is 0. The zero-order chi connectivity index (χ0) is 13.9. The molecule has 2 N–H and O–H groups in total. The molecule has 2 aromatic carbocycles. The van der Waals surface area contributed by atoms with Gasteiger partial charge in [-0.25, -0.2) is 0 Å². The fourth-order valence-corrected chi connectivity index (χ4v) is 2.33. The van der Waals surface area contributed by atoms with Crippen molar-refractivity contribution in [3.05, 3.63) is 71.3 Å². The van der Waals surface area contributed by atoms with Crippen LogP contribution < -0.4 is 10.6 Å². The maximum absolute atomic E-state index is 12.1. The fourth-order valence-electron chi connectivity index (χ4n) is 2.33. The van der Waals surface area contributed by atoms with Gasteiger partial charge in [-0.05, 0) is 30.2 Å². The van der Waals surface area contributed by atoms with Crippen LogP contribution >= 0.6 is 0 Å². The minimum absolute atomic E-state index is 0.0369. The summed E-state index contributed by atoms with van der Waals surface area (Å²) < 4.78 is 0. The molecule has 0 spiro atoms. The summed E-state index contributed by atoms with van der Waals surface area (Å²) in [6.07, 6.45) is 1.91. The number of rotatable bonds is 2. The van der Waals surface area contributed by atoms with Gasteiger partial charge in [0.15, 0.2) is 0 Å². The van der Waals surface area contributed by atoms with Gasteiger partial charge >= 0.3 is 0 Å². The van der Waals surface area contributed by atoms with E-state index < -0.39 is 0 Å². The van der Waals surface area contributed by atoms with Crippen LogP contribution in [0.4, 0.5) is 5.69 Å². The standard InChI is InChI=1S/C17H16N2O/c1-12(11-13-7-3-2-4-8-13)16-18-15-10-6-5-9-14(15)17(20)19-16/h2-11,16,18H,1H3,(H,19,20)/b12-11-/t16-/m1/s1. The van der Waals surface area contributed by atoms with Gasteiger partial charge in [0.2, 0.25) is 0 Å². The summed E-state index contributed by atoms with van der Waals surface area (Å²) in [4.78, 5) is 12.1. The minimum atomic E-state index is -0.169. The van der Waals surface area contributed by atoms with Crippen LogP contribution in [0.25, 0.3) is 6.08 Å². The van der Waals surface area contributed by atoms with E-state index >= 15 is 0 Å².